The van der Waals surface area contributed by atoms with E-state index in [2.05, 4.69) is 12.6 Å². The quantitative estimate of drug-likeness (QED) is 0.603. The van der Waals surface area contributed by atoms with Crippen LogP contribution in [0.2, 0.25) is 0 Å². The molecular weight excluding hydrogens is 188 g/mol. The van der Waals surface area contributed by atoms with Crippen molar-refractivity contribution < 1.29 is 4.79 Å². The van der Waals surface area contributed by atoms with Crippen molar-refractivity contribution in [2.24, 2.45) is 5.92 Å². The molecule has 0 aliphatic carbocycles. The van der Waals surface area contributed by atoms with Gasteiger partial charge in [-0.25, -0.2) is 0 Å². The molecule has 0 N–H and O–H groups in total. The summed E-state index contributed by atoms with van der Waals surface area (Å²) >= 11 is 0. The molecule has 0 saturated carbocycles. The van der Waals surface area contributed by atoms with Crippen molar-refractivity contribution in [1.82, 2.24) is 4.90 Å². The molecule has 1 unspecified atom stereocenters. The fourth-order valence-electron chi connectivity index (χ4n) is 1.47. The summed E-state index contributed by atoms with van der Waals surface area (Å²) in [4.78, 5) is 13.6. The number of hydrogen-bond acceptors (Lipinski definition) is 2. The third-order valence-corrected chi connectivity index (χ3v) is 2.19. The first-order valence-electron chi connectivity index (χ1n) is 5.50. The molecular formula is C12H20N2O. The standard InChI is InChI=1S/C12H20N2O/c1-4-7-11(10-13)12(15)14(8-5-2)9-6-3/h5,11H,2,4,6-9H2,1,3H3. The van der Waals surface area contributed by atoms with Gasteiger partial charge in [-0.1, -0.05) is 26.3 Å². The van der Waals surface area contributed by atoms with Crippen molar-refractivity contribution in [2.75, 3.05) is 13.1 Å². The summed E-state index contributed by atoms with van der Waals surface area (Å²) in [6.45, 7) is 8.86. The lowest BCUT2D eigenvalue weighted by molar-refractivity contribution is -0.133. The summed E-state index contributed by atoms with van der Waals surface area (Å²) in [6, 6.07) is 2.07. The van der Waals surface area contributed by atoms with E-state index in [0.29, 0.717) is 19.5 Å². The molecule has 3 heteroatoms. The third-order valence-electron chi connectivity index (χ3n) is 2.19. The summed E-state index contributed by atoms with van der Waals surface area (Å²) in [6.07, 6.45) is 4.11. The van der Waals surface area contributed by atoms with Crippen LogP contribution in [0.5, 0.6) is 0 Å². The summed E-state index contributed by atoms with van der Waals surface area (Å²) in [5.74, 6) is -0.539. The van der Waals surface area contributed by atoms with Gasteiger partial charge in [0.1, 0.15) is 5.92 Å². The molecule has 3 nitrogen and oxygen atoms in total. The number of rotatable bonds is 7. The van der Waals surface area contributed by atoms with Crippen LogP contribution in [0.4, 0.5) is 0 Å². The molecule has 0 fully saturated rings. The minimum absolute atomic E-state index is 0.0545. The molecule has 1 atom stereocenters. The predicted molar refractivity (Wildman–Crippen MR) is 61.1 cm³/mol. The molecule has 0 aliphatic rings. The van der Waals surface area contributed by atoms with E-state index in [1.807, 2.05) is 13.8 Å². The largest absolute Gasteiger partial charge is 0.338 e. The summed E-state index contributed by atoms with van der Waals surface area (Å²) in [5.41, 5.74) is 0. The SMILES string of the molecule is C=CCN(CCC)C(=O)C(C#N)CCC. The number of nitriles is 1. The van der Waals surface area contributed by atoms with Gasteiger partial charge in [0.05, 0.1) is 6.07 Å². The number of hydrogen-bond donors (Lipinski definition) is 0. The molecule has 15 heavy (non-hydrogen) atoms. The second-order valence-electron chi connectivity index (χ2n) is 3.54. The first kappa shape index (κ1) is 13.7. The molecule has 0 radical (unpaired) electrons. The Kier molecular flexibility index (Phi) is 7.35. The van der Waals surface area contributed by atoms with Gasteiger partial charge >= 0.3 is 0 Å². The van der Waals surface area contributed by atoms with E-state index in [1.165, 1.54) is 0 Å². The van der Waals surface area contributed by atoms with Gasteiger partial charge in [0.15, 0.2) is 0 Å². The molecule has 0 aromatic carbocycles. The average molecular weight is 208 g/mol. The molecule has 0 aromatic rings. The van der Waals surface area contributed by atoms with E-state index in [4.69, 9.17) is 5.26 Å². The average Bonchev–Trinajstić information content (AvgIpc) is 2.24. The van der Waals surface area contributed by atoms with Crippen LogP contribution in [-0.4, -0.2) is 23.9 Å². The molecule has 84 valence electrons. The second kappa shape index (κ2) is 8.05. The number of amides is 1. The zero-order chi connectivity index (χ0) is 11.7. The van der Waals surface area contributed by atoms with Gasteiger partial charge in [0, 0.05) is 13.1 Å². The van der Waals surface area contributed by atoms with Crippen LogP contribution < -0.4 is 0 Å². The van der Waals surface area contributed by atoms with E-state index >= 15 is 0 Å². The predicted octanol–water partition coefficient (Wildman–Crippen LogP) is 2.35. The molecule has 0 aliphatic heterocycles. The van der Waals surface area contributed by atoms with Crippen LogP contribution >= 0.6 is 0 Å². The normalized spacial score (nSPS) is 11.5. The van der Waals surface area contributed by atoms with Crippen LogP contribution in [0, 0.1) is 17.2 Å². The van der Waals surface area contributed by atoms with Gasteiger partial charge in [0.25, 0.3) is 0 Å². The molecule has 0 heterocycles. The van der Waals surface area contributed by atoms with Crippen molar-refractivity contribution in [3.63, 3.8) is 0 Å². The van der Waals surface area contributed by atoms with Crippen LogP contribution in [0.15, 0.2) is 12.7 Å². The Morgan fingerprint density at radius 2 is 2.20 bits per heavy atom. The summed E-state index contributed by atoms with van der Waals surface area (Å²) in [5, 5.41) is 8.89. The van der Waals surface area contributed by atoms with Crippen molar-refractivity contribution in [3.8, 4) is 6.07 Å². The van der Waals surface area contributed by atoms with Crippen LogP contribution in [0.25, 0.3) is 0 Å². The summed E-state index contributed by atoms with van der Waals surface area (Å²) in [7, 11) is 0. The highest BCUT2D eigenvalue weighted by molar-refractivity contribution is 5.81. The maximum Gasteiger partial charge on any atom is 0.240 e. The van der Waals surface area contributed by atoms with Crippen LogP contribution in [-0.2, 0) is 4.79 Å². The maximum atomic E-state index is 11.9. The lowest BCUT2D eigenvalue weighted by Crippen LogP contribution is -2.36. The smallest absolute Gasteiger partial charge is 0.240 e. The highest BCUT2D eigenvalue weighted by Crippen LogP contribution is 2.10. The van der Waals surface area contributed by atoms with Gasteiger partial charge in [-0.2, -0.15) is 5.26 Å². The monoisotopic (exact) mass is 208 g/mol. The van der Waals surface area contributed by atoms with Crippen molar-refractivity contribution in [2.45, 2.75) is 33.1 Å². The van der Waals surface area contributed by atoms with Crippen LogP contribution in [0.3, 0.4) is 0 Å². The number of carbonyl (C=O) groups is 1. The van der Waals surface area contributed by atoms with Gasteiger partial charge in [-0.15, -0.1) is 6.58 Å². The highest BCUT2D eigenvalue weighted by atomic mass is 16.2. The Morgan fingerprint density at radius 1 is 1.53 bits per heavy atom. The number of nitrogens with zero attached hydrogens (tertiary/aromatic N) is 2. The van der Waals surface area contributed by atoms with E-state index in [-0.39, 0.29) is 5.91 Å². The minimum Gasteiger partial charge on any atom is -0.338 e. The fourth-order valence-corrected chi connectivity index (χ4v) is 1.47. The zero-order valence-electron chi connectivity index (χ0n) is 9.70. The second-order valence-corrected chi connectivity index (χ2v) is 3.54. The minimum atomic E-state index is -0.485. The topological polar surface area (TPSA) is 44.1 Å². The van der Waals surface area contributed by atoms with Gasteiger partial charge in [0.2, 0.25) is 5.91 Å². The maximum absolute atomic E-state index is 11.9. The molecule has 0 bridgehead atoms. The Morgan fingerprint density at radius 3 is 2.60 bits per heavy atom. The van der Waals surface area contributed by atoms with E-state index in [1.54, 1.807) is 11.0 Å². The first-order valence-corrected chi connectivity index (χ1v) is 5.50. The molecule has 1 amide bonds. The molecule has 0 rings (SSSR count). The third kappa shape index (κ3) is 4.64. The van der Waals surface area contributed by atoms with E-state index < -0.39 is 5.92 Å². The lowest BCUT2D eigenvalue weighted by Gasteiger charge is -2.22. The Bertz CT molecular complexity index is 242. The molecule has 0 saturated heterocycles. The van der Waals surface area contributed by atoms with Crippen molar-refractivity contribution in [3.05, 3.63) is 12.7 Å². The molecule has 0 spiro atoms. The van der Waals surface area contributed by atoms with Crippen molar-refractivity contribution in [1.29, 1.82) is 5.26 Å². The highest BCUT2D eigenvalue weighted by Gasteiger charge is 2.21. The fraction of sp³-hybridized carbons (Fsp3) is 0.667. The Balaban J connectivity index is 4.44. The molecule has 0 aromatic heterocycles. The van der Waals surface area contributed by atoms with E-state index in [9.17, 15) is 4.79 Å². The van der Waals surface area contributed by atoms with Crippen LogP contribution in [0.1, 0.15) is 33.1 Å². The van der Waals surface area contributed by atoms with E-state index in [0.717, 1.165) is 12.8 Å². The van der Waals surface area contributed by atoms with Gasteiger partial charge in [-0.05, 0) is 12.8 Å². The summed E-state index contributed by atoms with van der Waals surface area (Å²) < 4.78 is 0. The number of carbonyl (C=O) groups excluding carboxylic acids is 1. The zero-order valence-corrected chi connectivity index (χ0v) is 9.70. The Hall–Kier alpha value is -1.30. The Labute approximate surface area is 92.4 Å². The van der Waals surface area contributed by atoms with Gasteiger partial charge < -0.3 is 4.90 Å². The first-order chi connectivity index (χ1) is 7.21. The van der Waals surface area contributed by atoms with Crippen molar-refractivity contribution >= 4 is 5.91 Å². The lowest BCUT2D eigenvalue weighted by atomic mass is 10.0. The van der Waals surface area contributed by atoms with Gasteiger partial charge in [-0.3, -0.25) is 4.79 Å².